The van der Waals surface area contributed by atoms with Crippen molar-refractivity contribution >= 4 is 21.4 Å². The molecule has 0 N–H and O–H groups in total. The molecule has 4 rings (SSSR count). The Morgan fingerprint density at radius 1 is 0.958 bits per heavy atom. The van der Waals surface area contributed by atoms with E-state index >= 15 is 0 Å². The predicted octanol–water partition coefficient (Wildman–Crippen LogP) is 3.35. The summed E-state index contributed by atoms with van der Waals surface area (Å²) in [5.41, 5.74) is 4.06. The lowest BCUT2D eigenvalue weighted by Gasteiger charge is -2.23. The van der Waals surface area contributed by atoms with Gasteiger partial charge in [0.1, 0.15) is 0 Å². The summed E-state index contributed by atoms with van der Waals surface area (Å²) in [4.78, 5) is 2.72. The molecule has 1 saturated heterocycles. The number of sulfonamides is 1. The normalized spacial score (nSPS) is 17.4. The summed E-state index contributed by atoms with van der Waals surface area (Å²) in [6.45, 7) is 4.56. The average Bonchev–Trinajstić information content (AvgIpc) is 3.24. The lowest BCUT2D eigenvalue weighted by atomic mass is 10.1. The van der Waals surface area contributed by atoms with Crippen LogP contribution in [0.4, 0.5) is 11.4 Å². The standard InChI is InChI=1S/C19H22N2O2S/c1-15-5-4-6-18(13-15)24(22,23)21-12-9-16-7-8-17(14-19(16)21)20-10-2-3-11-20/h4-8,13-14H,2-3,9-12H2,1H3. The first kappa shape index (κ1) is 15.5. The van der Waals surface area contributed by atoms with Crippen molar-refractivity contribution in [2.45, 2.75) is 31.1 Å². The minimum Gasteiger partial charge on any atom is -0.371 e. The molecule has 0 aliphatic carbocycles. The second kappa shape index (κ2) is 5.81. The maximum absolute atomic E-state index is 13.1. The summed E-state index contributed by atoms with van der Waals surface area (Å²) in [6.07, 6.45) is 3.20. The number of aryl methyl sites for hydroxylation is 1. The molecule has 4 nitrogen and oxygen atoms in total. The van der Waals surface area contributed by atoms with E-state index in [1.807, 2.05) is 13.0 Å². The third kappa shape index (κ3) is 2.57. The highest BCUT2D eigenvalue weighted by Crippen LogP contribution is 2.36. The molecule has 2 aliphatic heterocycles. The van der Waals surface area contributed by atoms with Crippen LogP contribution in [0.5, 0.6) is 0 Å². The lowest BCUT2D eigenvalue weighted by Crippen LogP contribution is -2.29. The summed E-state index contributed by atoms with van der Waals surface area (Å²) in [7, 11) is -3.50. The Balaban J connectivity index is 1.73. The molecule has 2 aromatic rings. The van der Waals surface area contributed by atoms with Crippen molar-refractivity contribution in [3.05, 3.63) is 53.6 Å². The molecule has 0 saturated carbocycles. The molecule has 24 heavy (non-hydrogen) atoms. The molecule has 2 heterocycles. The van der Waals surface area contributed by atoms with E-state index in [1.165, 1.54) is 12.8 Å². The molecule has 5 heteroatoms. The minimum atomic E-state index is -3.50. The van der Waals surface area contributed by atoms with Gasteiger partial charge in [-0.05, 0) is 61.6 Å². The highest BCUT2D eigenvalue weighted by Gasteiger charge is 2.31. The summed E-state index contributed by atoms with van der Waals surface area (Å²) in [5, 5.41) is 0. The SMILES string of the molecule is Cc1cccc(S(=O)(=O)N2CCc3ccc(N4CCCC4)cc32)c1. The number of hydrogen-bond acceptors (Lipinski definition) is 3. The fraction of sp³-hybridized carbons (Fsp3) is 0.368. The first-order valence-electron chi connectivity index (χ1n) is 8.53. The zero-order valence-corrected chi connectivity index (χ0v) is 14.7. The quantitative estimate of drug-likeness (QED) is 0.859. The molecular weight excluding hydrogens is 320 g/mol. The third-order valence-electron chi connectivity index (χ3n) is 4.97. The Bertz CT molecular complexity index is 871. The Hall–Kier alpha value is -2.01. The maximum Gasteiger partial charge on any atom is 0.264 e. The van der Waals surface area contributed by atoms with Crippen LogP contribution in [0.1, 0.15) is 24.0 Å². The number of rotatable bonds is 3. The van der Waals surface area contributed by atoms with E-state index in [2.05, 4.69) is 23.1 Å². The van der Waals surface area contributed by atoms with Crippen LogP contribution in [-0.4, -0.2) is 28.1 Å². The van der Waals surface area contributed by atoms with E-state index in [4.69, 9.17) is 0 Å². The van der Waals surface area contributed by atoms with Crippen molar-refractivity contribution in [2.24, 2.45) is 0 Å². The molecule has 0 aromatic heterocycles. The molecule has 0 unspecified atom stereocenters. The number of benzene rings is 2. The van der Waals surface area contributed by atoms with Crippen LogP contribution in [0, 0.1) is 6.92 Å². The van der Waals surface area contributed by atoms with Gasteiger partial charge in [0.15, 0.2) is 0 Å². The van der Waals surface area contributed by atoms with Crippen molar-refractivity contribution in [3.8, 4) is 0 Å². The van der Waals surface area contributed by atoms with E-state index in [0.29, 0.717) is 11.4 Å². The maximum atomic E-state index is 13.1. The zero-order chi connectivity index (χ0) is 16.7. The first-order valence-corrected chi connectivity index (χ1v) is 9.97. The molecule has 0 bridgehead atoms. The van der Waals surface area contributed by atoms with Crippen LogP contribution < -0.4 is 9.21 Å². The van der Waals surface area contributed by atoms with Crippen molar-refractivity contribution in [3.63, 3.8) is 0 Å². The van der Waals surface area contributed by atoms with Crippen LogP contribution in [0.25, 0.3) is 0 Å². The van der Waals surface area contributed by atoms with Gasteiger partial charge in [0.25, 0.3) is 10.0 Å². The van der Waals surface area contributed by atoms with Crippen molar-refractivity contribution in [2.75, 3.05) is 28.8 Å². The van der Waals surface area contributed by atoms with Gasteiger partial charge in [-0.3, -0.25) is 4.31 Å². The Kier molecular flexibility index (Phi) is 3.76. The van der Waals surface area contributed by atoms with E-state index in [-0.39, 0.29) is 0 Å². The van der Waals surface area contributed by atoms with E-state index < -0.39 is 10.0 Å². The molecule has 1 fully saturated rings. The van der Waals surface area contributed by atoms with Gasteiger partial charge in [0.2, 0.25) is 0 Å². The van der Waals surface area contributed by atoms with Crippen LogP contribution in [0.2, 0.25) is 0 Å². The number of hydrogen-bond donors (Lipinski definition) is 0. The topological polar surface area (TPSA) is 40.6 Å². The van der Waals surface area contributed by atoms with Crippen LogP contribution in [0.15, 0.2) is 47.4 Å². The Labute approximate surface area is 143 Å². The second-order valence-electron chi connectivity index (χ2n) is 6.65. The molecule has 0 radical (unpaired) electrons. The van der Waals surface area contributed by atoms with Gasteiger partial charge in [-0.15, -0.1) is 0 Å². The van der Waals surface area contributed by atoms with Gasteiger partial charge in [-0.25, -0.2) is 8.42 Å². The molecule has 0 atom stereocenters. The highest BCUT2D eigenvalue weighted by atomic mass is 32.2. The van der Waals surface area contributed by atoms with Gasteiger partial charge in [0, 0.05) is 25.3 Å². The fourth-order valence-corrected chi connectivity index (χ4v) is 5.26. The summed E-state index contributed by atoms with van der Waals surface area (Å²) >= 11 is 0. The van der Waals surface area contributed by atoms with E-state index in [1.54, 1.807) is 22.5 Å². The van der Waals surface area contributed by atoms with Gasteiger partial charge in [-0.1, -0.05) is 18.2 Å². The average molecular weight is 342 g/mol. The molecule has 0 spiro atoms. The Morgan fingerprint density at radius 2 is 1.75 bits per heavy atom. The minimum absolute atomic E-state index is 0.377. The summed E-state index contributed by atoms with van der Waals surface area (Å²) in [5.74, 6) is 0. The van der Waals surface area contributed by atoms with E-state index in [0.717, 1.165) is 42.0 Å². The smallest absolute Gasteiger partial charge is 0.264 e. The third-order valence-corrected chi connectivity index (χ3v) is 6.78. The zero-order valence-electron chi connectivity index (χ0n) is 13.9. The van der Waals surface area contributed by atoms with Crippen molar-refractivity contribution in [1.29, 1.82) is 0 Å². The summed E-state index contributed by atoms with van der Waals surface area (Å²) in [6, 6.07) is 13.4. The van der Waals surface area contributed by atoms with Gasteiger partial charge in [-0.2, -0.15) is 0 Å². The van der Waals surface area contributed by atoms with Crippen LogP contribution >= 0.6 is 0 Å². The molecule has 2 aromatic carbocycles. The monoisotopic (exact) mass is 342 g/mol. The lowest BCUT2D eigenvalue weighted by molar-refractivity contribution is 0.592. The van der Waals surface area contributed by atoms with Crippen molar-refractivity contribution in [1.82, 2.24) is 0 Å². The largest absolute Gasteiger partial charge is 0.371 e. The van der Waals surface area contributed by atoms with Gasteiger partial charge in [0.05, 0.1) is 10.6 Å². The first-order chi connectivity index (χ1) is 11.6. The molecule has 0 amide bonds. The highest BCUT2D eigenvalue weighted by molar-refractivity contribution is 7.92. The Morgan fingerprint density at radius 3 is 2.50 bits per heavy atom. The second-order valence-corrected chi connectivity index (χ2v) is 8.51. The molecule has 2 aliphatic rings. The van der Waals surface area contributed by atoms with Gasteiger partial charge >= 0.3 is 0 Å². The van der Waals surface area contributed by atoms with Crippen LogP contribution in [0.3, 0.4) is 0 Å². The predicted molar refractivity (Wildman–Crippen MR) is 97.3 cm³/mol. The number of fused-ring (bicyclic) bond motifs is 1. The number of nitrogens with zero attached hydrogens (tertiary/aromatic N) is 2. The van der Waals surface area contributed by atoms with Gasteiger partial charge < -0.3 is 4.90 Å². The number of anilines is 2. The van der Waals surface area contributed by atoms with Crippen molar-refractivity contribution < 1.29 is 8.42 Å². The summed E-state index contributed by atoms with van der Waals surface area (Å²) < 4.78 is 27.8. The van der Waals surface area contributed by atoms with Crippen LogP contribution in [-0.2, 0) is 16.4 Å². The fourth-order valence-electron chi connectivity index (χ4n) is 3.66. The van der Waals surface area contributed by atoms with E-state index in [9.17, 15) is 8.42 Å². The molecular formula is C19H22N2O2S. The molecule has 126 valence electrons.